The highest BCUT2D eigenvalue weighted by Gasteiger charge is 2.14. The maximum atomic E-state index is 4.14. The summed E-state index contributed by atoms with van der Waals surface area (Å²) < 4.78 is 0. The van der Waals surface area contributed by atoms with E-state index in [2.05, 4.69) is 46.1 Å². The van der Waals surface area contributed by atoms with E-state index in [0.29, 0.717) is 0 Å². The van der Waals surface area contributed by atoms with Gasteiger partial charge in [-0.15, -0.1) is 0 Å². The lowest BCUT2D eigenvalue weighted by atomic mass is 10.1. The first-order valence-electron chi connectivity index (χ1n) is 6.10. The highest BCUT2D eigenvalue weighted by molar-refractivity contribution is 5.85. The number of piperazine rings is 1. The molecule has 17 heavy (non-hydrogen) atoms. The molecule has 3 heteroatoms. The van der Waals surface area contributed by atoms with Crippen LogP contribution in [0.1, 0.15) is 0 Å². The zero-order chi connectivity index (χ0) is 11.7. The van der Waals surface area contributed by atoms with Crippen LogP contribution >= 0.6 is 0 Å². The summed E-state index contributed by atoms with van der Waals surface area (Å²) in [5.74, 6) is 0. The fraction of sp³-hybridized carbons (Fsp3) is 0.357. The van der Waals surface area contributed by atoms with E-state index in [1.807, 2.05) is 12.4 Å². The van der Waals surface area contributed by atoms with Crippen molar-refractivity contribution < 1.29 is 0 Å². The van der Waals surface area contributed by atoms with Crippen LogP contribution in [-0.4, -0.2) is 43.1 Å². The fourth-order valence-corrected chi connectivity index (χ4v) is 2.33. The van der Waals surface area contributed by atoms with E-state index in [1.54, 1.807) is 0 Å². The second-order valence-electron chi connectivity index (χ2n) is 4.70. The molecule has 1 aliphatic heterocycles. The average molecular weight is 227 g/mol. The molecule has 0 aliphatic carbocycles. The number of hydrogen-bond acceptors (Lipinski definition) is 3. The van der Waals surface area contributed by atoms with Gasteiger partial charge < -0.3 is 9.80 Å². The Bertz CT molecular complexity index is 516. The Kier molecular flexibility index (Phi) is 2.69. The Morgan fingerprint density at radius 2 is 1.82 bits per heavy atom. The van der Waals surface area contributed by atoms with E-state index < -0.39 is 0 Å². The molecule has 1 fully saturated rings. The summed E-state index contributed by atoms with van der Waals surface area (Å²) in [5.41, 5.74) is 1.33. The number of hydrogen-bond donors (Lipinski definition) is 0. The number of likely N-dealkylation sites (N-methyl/N-ethyl adjacent to an activating group) is 1. The molecule has 0 unspecified atom stereocenters. The van der Waals surface area contributed by atoms with Gasteiger partial charge in [0, 0.05) is 49.6 Å². The highest BCUT2D eigenvalue weighted by Crippen LogP contribution is 2.22. The topological polar surface area (TPSA) is 19.4 Å². The van der Waals surface area contributed by atoms with Gasteiger partial charge in [-0.2, -0.15) is 0 Å². The Morgan fingerprint density at radius 3 is 2.65 bits per heavy atom. The molecule has 0 atom stereocenters. The van der Waals surface area contributed by atoms with Crippen molar-refractivity contribution in [3.63, 3.8) is 0 Å². The van der Waals surface area contributed by atoms with E-state index >= 15 is 0 Å². The Balaban J connectivity index is 1.90. The monoisotopic (exact) mass is 227 g/mol. The highest BCUT2D eigenvalue weighted by atomic mass is 15.2. The van der Waals surface area contributed by atoms with Crippen LogP contribution in [0.4, 0.5) is 5.69 Å². The molecule has 88 valence electrons. The molecule has 2 heterocycles. The molecule has 0 saturated carbocycles. The van der Waals surface area contributed by atoms with Crippen LogP contribution in [0.25, 0.3) is 10.8 Å². The van der Waals surface area contributed by atoms with Gasteiger partial charge in [0.1, 0.15) is 0 Å². The van der Waals surface area contributed by atoms with Gasteiger partial charge in [-0.25, -0.2) is 0 Å². The normalized spacial score (nSPS) is 17.6. The van der Waals surface area contributed by atoms with Gasteiger partial charge in [-0.05, 0) is 30.6 Å². The molecule has 0 N–H and O–H groups in total. The van der Waals surface area contributed by atoms with Gasteiger partial charge in [0.05, 0.1) is 0 Å². The maximum Gasteiger partial charge on any atom is 0.0373 e. The third kappa shape index (κ3) is 2.11. The van der Waals surface area contributed by atoms with Crippen LogP contribution in [-0.2, 0) is 0 Å². The first-order valence-corrected chi connectivity index (χ1v) is 6.10. The second-order valence-corrected chi connectivity index (χ2v) is 4.70. The Labute approximate surface area is 102 Å². The van der Waals surface area contributed by atoms with E-state index in [1.165, 1.54) is 16.5 Å². The van der Waals surface area contributed by atoms with Gasteiger partial charge >= 0.3 is 0 Å². The molecule has 1 aromatic carbocycles. The predicted molar refractivity (Wildman–Crippen MR) is 71.5 cm³/mol. The van der Waals surface area contributed by atoms with E-state index in [-0.39, 0.29) is 0 Å². The second kappa shape index (κ2) is 4.34. The lowest BCUT2D eigenvalue weighted by Gasteiger charge is -2.34. The standard InChI is InChI=1S/C14H17N3/c1-16-6-8-17(9-7-16)14-3-2-13-11-15-5-4-12(13)10-14/h2-5,10-11H,6-9H2,1H3. The van der Waals surface area contributed by atoms with Crippen LogP contribution < -0.4 is 4.90 Å². The van der Waals surface area contributed by atoms with Crippen molar-refractivity contribution in [3.05, 3.63) is 36.7 Å². The van der Waals surface area contributed by atoms with E-state index in [4.69, 9.17) is 0 Å². The van der Waals surface area contributed by atoms with Crippen molar-refractivity contribution in [1.29, 1.82) is 0 Å². The molecule has 2 aromatic rings. The van der Waals surface area contributed by atoms with Crippen molar-refractivity contribution in [2.45, 2.75) is 0 Å². The molecule has 0 bridgehead atoms. The van der Waals surface area contributed by atoms with Crippen LogP contribution in [0.2, 0.25) is 0 Å². The smallest absolute Gasteiger partial charge is 0.0373 e. The molecule has 1 saturated heterocycles. The molecule has 0 amide bonds. The number of pyridine rings is 1. The summed E-state index contributed by atoms with van der Waals surface area (Å²) in [4.78, 5) is 8.98. The van der Waals surface area contributed by atoms with Crippen molar-refractivity contribution in [3.8, 4) is 0 Å². The van der Waals surface area contributed by atoms with Gasteiger partial charge in [-0.3, -0.25) is 4.98 Å². The van der Waals surface area contributed by atoms with Gasteiger partial charge in [0.15, 0.2) is 0 Å². The number of fused-ring (bicyclic) bond motifs is 1. The van der Waals surface area contributed by atoms with E-state index in [9.17, 15) is 0 Å². The molecule has 1 aromatic heterocycles. The van der Waals surface area contributed by atoms with Gasteiger partial charge in [0.2, 0.25) is 0 Å². The molecular weight excluding hydrogens is 210 g/mol. The number of benzene rings is 1. The van der Waals surface area contributed by atoms with Gasteiger partial charge in [-0.1, -0.05) is 6.07 Å². The number of rotatable bonds is 1. The lowest BCUT2D eigenvalue weighted by Crippen LogP contribution is -2.44. The summed E-state index contributed by atoms with van der Waals surface area (Å²) in [6.07, 6.45) is 3.78. The summed E-state index contributed by atoms with van der Waals surface area (Å²) in [7, 11) is 2.18. The van der Waals surface area contributed by atoms with Crippen LogP contribution in [0.5, 0.6) is 0 Å². The summed E-state index contributed by atoms with van der Waals surface area (Å²) in [6.45, 7) is 4.53. The van der Waals surface area contributed by atoms with Crippen LogP contribution in [0, 0.1) is 0 Å². The molecule has 1 aliphatic rings. The fourth-order valence-electron chi connectivity index (χ4n) is 2.33. The molecular formula is C14H17N3. The van der Waals surface area contributed by atoms with Crippen molar-refractivity contribution in [2.24, 2.45) is 0 Å². The first-order chi connectivity index (χ1) is 8.33. The first kappa shape index (κ1) is 10.5. The minimum absolute atomic E-state index is 1.12. The summed E-state index contributed by atoms with van der Waals surface area (Å²) in [5, 5.41) is 2.49. The Hall–Kier alpha value is -1.61. The number of anilines is 1. The summed E-state index contributed by atoms with van der Waals surface area (Å²) in [6, 6.07) is 8.71. The van der Waals surface area contributed by atoms with Crippen LogP contribution in [0.15, 0.2) is 36.7 Å². The number of nitrogens with zero attached hydrogens (tertiary/aromatic N) is 3. The molecule has 0 spiro atoms. The maximum absolute atomic E-state index is 4.14. The molecule has 0 radical (unpaired) electrons. The third-order valence-electron chi connectivity index (χ3n) is 3.49. The average Bonchev–Trinajstić information content (AvgIpc) is 2.39. The minimum atomic E-state index is 1.12. The zero-order valence-corrected chi connectivity index (χ0v) is 10.1. The predicted octanol–water partition coefficient (Wildman–Crippen LogP) is 1.99. The van der Waals surface area contributed by atoms with Crippen molar-refractivity contribution in [1.82, 2.24) is 9.88 Å². The SMILES string of the molecule is CN1CCN(c2ccc3cnccc3c2)CC1. The molecule has 3 rings (SSSR count). The van der Waals surface area contributed by atoms with Crippen LogP contribution in [0.3, 0.4) is 0 Å². The van der Waals surface area contributed by atoms with Crippen molar-refractivity contribution >= 4 is 16.5 Å². The summed E-state index contributed by atoms with van der Waals surface area (Å²) >= 11 is 0. The van der Waals surface area contributed by atoms with E-state index in [0.717, 1.165) is 26.2 Å². The van der Waals surface area contributed by atoms with Gasteiger partial charge in [0.25, 0.3) is 0 Å². The quantitative estimate of drug-likeness (QED) is 0.742. The minimum Gasteiger partial charge on any atom is -0.369 e. The zero-order valence-electron chi connectivity index (χ0n) is 10.1. The van der Waals surface area contributed by atoms with Crippen molar-refractivity contribution in [2.75, 3.05) is 38.1 Å². The Morgan fingerprint density at radius 1 is 1.00 bits per heavy atom. The largest absolute Gasteiger partial charge is 0.369 e. The lowest BCUT2D eigenvalue weighted by molar-refractivity contribution is 0.313. The third-order valence-corrected chi connectivity index (χ3v) is 3.49. The number of aromatic nitrogens is 1. The molecule has 3 nitrogen and oxygen atoms in total.